The van der Waals surface area contributed by atoms with Crippen molar-refractivity contribution in [1.29, 1.82) is 0 Å². The van der Waals surface area contributed by atoms with Crippen LogP contribution in [0.25, 0.3) is 0 Å². The van der Waals surface area contributed by atoms with Crippen LogP contribution < -0.4 is 10.5 Å². The molecule has 0 unspecified atom stereocenters. The molecule has 0 heterocycles. The topological polar surface area (TPSA) is 78.4 Å². The van der Waals surface area contributed by atoms with Gasteiger partial charge in [0.1, 0.15) is 12.4 Å². The van der Waals surface area contributed by atoms with Gasteiger partial charge < -0.3 is 10.5 Å². The van der Waals surface area contributed by atoms with E-state index in [0.29, 0.717) is 17.9 Å². The van der Waals surface area contributed by atoms with Gasteiger partial charge in [0.2, 0.25) is 0 Å². The van der Waals surface area contributed by atoms with Crippen molar-refractivity contribution in [2.75, 3.05) is 6.61 Å². The molecular formula is C11H14N2O3. The van der Waals surface area contributed by atoms with Crippen molar-refractivity contribution in [3.05, 3.63) is 33.9 Å². The highest BCUT2D eigenvalue weighted by Crippen LogP contribution is 2.33. The maximum atomic E-state index is 10.7. The fourth-order valence-electron chi connectivity index (χ4n) is 1.41. The minimum absolute atomic E-state index is 0.0827. The third-order valence-electron chi connectivity index (χ3n) is 2.80. The summed E-state index contributed by atoms with van der Waals surface area (Å²) < 4.78 is 5.45. The molecule has 0 aliphatic heterocycles. The van der Waals surface area contributed by atoms with Gasteiger partial charge in [-0.05, 0) is 31.9 Å². The summed E-state index contributed by atoms with van der Waals surface area (Å²) in [5, 5.41) is 10.7. The van der Waals surface area contributed by atoms with Crippen LogP contribution in [0.1, 0.15) is 18.4 Å². The van der Waals surface area contributed by atoms with Gasteiger partial charge in [0.15, 0.2) is 0 Å². The van der Waals surface area contributed by atoms with Crippen molar-refractivity contribution in [2.45, 2.75) is 25.3 Å². The number of rotatable bonds is 4. The number of aryl methyl sites for hydroxylation is 1. The van der Waals surface area contributed by atoms with Crippen molar-refractivity contribution in [3.63, 3.8) is 0 Å². The number of nitro benzene ring substituents is 1. The average Bonchev–Trinajstić information content (AvgIpc) is 2.96. The van der Waals surface area contributed by atoms with E-state index in [-0.39, 0.29) is 11.2 Å². The van der Waals surface area contributed by atoms with Crippen molar-refractivity contribution in [1.82, 2.24) is 0 Å². The number of benzene rings is 1. The smallest absolute Gasteiger partial charge is 0.276 e. The van der Waals surface area contributed by atoms with Gasteiger partial charge in [0.25, 0.3) is 5.69 Å². The average molecular weight is 222 g/mol. The number of nitrogens with zero attached hydrogens (tertiary/aromatic N) is 1. The molecule has 0 aromatic heterocycles. The molecule has 0 saturated heterocycles. The lowest BCUT2D eigenvalue weighted by molar-refractivity contribution is -0.385. The van der Waals surface area contributed by atoms with E-state index >= 15 is 0 Å². The lowest BCUT2D eigenvalue weighted by Crippen LogP contribution is -2.29. The molecule has 1 fully saturated rings. The summed E-state index contributed by atoms with van der Waals surface area (Å²) in [6.07, 6.45) is 1.92. The van der Waals surface area contributed by atoms with Crippen LogP contribution in [0.3, 0.4) is 0 Å². The molecule has 1 aliphatic carbocycles. The molecule has 1 saturated carbocycles. The first kappa shape index (κ1) is 10.9. The normalized spacial score (nSPS) is 16.9. The summed E-state index contributed by atoms with van der Waals surface area (Å²) in [6, 6.07) is 4.86. The highest BCUT2D eigenvalue weighted by atomic mass is 16.6. The Balaban J connectivity index is 2.09. The molecule has 2 rings (SSSR count). The summed E-state index contributed by atoms with van der Waals surface area (Å²) in [7, 11) is 0. The second kappa shape index (κ2) is 3.75. The van der Waals surface area contributed by atoms with Crippen LogP contribution in [-0.2, 0) is 0 Å². The first-order valence-corrected chi connectivity index (χ1v) is 5.17. The maximum absolute atomic E-state index is 10.7. The second-order valence-corrected chi connectivity index (χ2v) is 4.36. The fourth-order valence-corrected chi connectivity index (χ4v) is 1.41. The van der Waals surface area contributed by atoms with Crippen LogP contribution in [-0.4, -0.2) is 17.1 Å². The lowest BCUT2D eigenvalue weighted by atomic mass is 10.2. The molecule has 0 atom stereocenters. The van der Waals surface area contributed by atoms with Gasteiger partial charge in [-0.25, -0.2) is 0 Å². The Labute approximate surface area is 93.4 Å². The Bertz CT molecular complexity index is 427. The van der Waals surface area contributed by atoms with E-state index in [9.17, 15) is 10.1 Å². The molecule has 0 amide bonds. The molecule has 2 N–H and O–H groups in total. The molecule has 5 nitrogen and oxygen atoms in total. The van der Waals surface area contributed by atoms with Gasteiger partial charge in [-0.2, -0.15) is 0 Å². The van der Waals surface area contributed by atoms with E-state index in [0.717, 1.165) is 12.8 Å². The molecule has 86 valence electrons. The van der Waals surface area contributed by atoms with E-state index in [2.05, 4.69) is 0 Å². The highest BCUT2D eigenvalue weighted by molar-refractivity contribution is 5.45. The second-order valence-electron chi connectivity index (χ2n) is 4.36. The van der Waals surface area contributed by atoms with Crippen LogP contribution in [0.2, 0.25) is 0 Å². The summed E-state index contributed by atoms with van der Waals surface area (Å²) in [4.78, 5) is 10.3. The third kappa shape index (κ3) is 2.30. The predicted octanol–water partition coefficient (Wildman–Crippen LogP) is 1.77. The zero-order valence-corrected chi connectivity index (χ0v) is 9.10. The SMILES string of the molecule is Cc1ccc(OCC2(N)CC2)cc1[N+](=O)[O-]. The van der Waals surface area contributed by atoms with Crippen molar-refractivity contribution in [2.24, 2.45) is 5.73 Å². The van der Waals surface area contributed by atoms with Crippen LogP contribution in [0, 0.1) is 17.0 Å². The zero-order valence-electron chi connectivity index (χ0n) is 9.10. The molecule has 5 heteroatoms. The summed E-state index contributed by atoms with van der Waals surface area (Å²) in [5.74, 6) is 0.508. The number of nitrogens with two attached hydrogens (primary N) is 1. The van der Waals surface area contributed by atoms with Crippen LogP contribution in [0.4, 0.5) is 5.69 Å². The highest BCUT2D eigenvalue weighted by Gasteiger charge is 2.39. The van der Waals surface area contributed by atoms with Gasteiger partial charge in [-0.15, -0.1) is 0 Å². The molecule has 0 radical (unpaired) electrons. The van der Waals surface area contributed by atoms with Gasteiger partial charge in [0.05, 0.1) is 16.5 Å². The van der Waals surface area contributed by atoms with E-state index in [1.54, 1.807) is 19.1 Å². The number of hydrogen-bond donors (Lipinski definition) is 1. The van der Waals surface area contributed by atoms with Crippen molar-refractivity contribution in [3.8, 4) is 5.75 Å². The van der Waals surface area contributed by atoms with Crippen LogP contribution in [0.5, 0.6) is 5.75 Å². The molecule has 1 aliphatic rings. The Morgan fingerprint density at radius 1 is 1.56 bits per heavy atom. The zero-order chi connectivity index (χ0) is 11.8. The first-order chi connectivity index (χ1) is 7.50. The summed E-state index contributed by atoms with van der Waals surface area (Å²) >= 11 is 0. The van der Waals surface area contributed by atoms with Crippen LogP contribution >= 0.6 is 0 Å². The molecule has 0 bridgehead atoms. The van der Waals surface area contributed by atoms with E-state index in [1.165, 1.54) is 6.07 Å². The Kier molecular flexibility index (Phi) is 2.55. The van der Waals surface area contributed by atoms with Gasteiger partial charge in [-0.3, -0.25) is 10.1 Å². The van der Waals surface area contributed by atoms with Crippen molar-refractivity contribution >= 4 is 5.69 Å². The Morgan fingerprint density at radius 2 is 2.25 bits per heavy atom. The molecule has 16 heavy (non-hydrogen) atoms. The standard InChI is InChI=1S/C11H14N2O3/c1-8-2-3-9(6-10(8)13(14)15)16-7-11(12)4-5-11/h2-3,6H,4-5,7,12H2,1H3. The van der Waals surface area contributed by atoms with Gasteiger partial charge in [0, 0.05) is 5.56 Å². The van der Waals surface area contributed by atoms with Crippen LogP contribution in [0.15, 0.2) is 18.2 Å². The minimum Gasteiger partial charge on any atom is -0.491 e. The first-order valence-electron chi connectivity index (χ1n) is 5.17. The van der Waals surface area contributed by atoms with Gasteiger partial charge in [-0.1, -0.05) is 0 Å². The summed E-state index contributed by atoms with van der Waals surface area (Å²) in [6.45, 7) is 2.13. The number of ether oxygens (including phenoxy) is 1. The number of nitro groups is 1. The number of hydrogen-bond acceptors (Lipinski definition) is 4. The van der Waals surface area contributed by atoms with Gasteiger partial charge >= 0.3 is 0 Å². The van der Waals surface area contributed by atoms with E-state index < -0.39 is 4.92 Å². The largest absolute Gasteiger partial charge is 0.491 e. The summed E-state index contributed by atoms with van der Waals surface area (Å²) in [5.41, 5.74) is 6.37. The Hall–Kier alpha value is -1.62. The molecule has 1 aromatic rings. The van der Waals surface area contributed by atoms with E-state index in [4.69, 9.17) is 10.5 Å². The minimum atomic E-state index is -0.405. The van der Waals surface area contributed by atoms with Crippen molar-refractivity contribution < 1.29 is 9.66 Å². The molecular weight excluding hydrogens is 208 g/mol. The molecule has 0 spiro atoms. The monoisotopic (exact) mass is 222 g/mol. The third-order valence-corrected chi connectivity index (χ3v) is 2.80. The quantitative estimate of drug-likeness (QED) is 0.622. The Morgan fingerprint density at radius 3 is 2.81 bits per heavy atom. The van der Waals surface area contributed by atoms with E-state index in [1.807, 2.05) is 0 Å². The predicted molar refractivity (Wildman–Crippen MR) is 59.5 cm³/mol. The molecule has 1 aromatic carbocycles. The lowest BCUT2D eigenvalue weighted by Gasteiger charge is -2.11. The fraction of sp³-hybridized carbons (Fsp3) is 0.455. The maximum Gasteiger partial charge on any atom is 0.276 e.